The van der Waals surface area contributed by atoms with Gasteiger partial charge in [-0.1, -0.05) is 36.8 Å². The van der Waals surface area contributed by atoms with E-state index in [1.807, 2.05) is 0 Å². The van der Waals surface area contributed by atoms with E-state index in [2.05, 4.69) is 35.2 Å². The Bertz CT molecular complexity index is 459. The third kappa shape index (κ3) is 2.88. The van der Waals surface area contributed by atoms with E-state index < -0.39 is 0 Å². The van der Waals surface area contributed by atoms with Crippen molar-refractivity contribution in [3.63, 3.8) is 0 Å². The topological polar surface area (TPSA) is 46.3 Å². The monoisotopic (exact) mass is 272 g/mol. The van der Waals surface area contributed by atoms with Crippen molar-refractivity contribution in [2.45, 2.75) is 38.1 Å². The maximum Gasteiger partial charge on any atom is 0.227 e. The summed E-state index contributed by atoms with van der Waals surface area (Å²) in [5, 5.41) is 0. The van der Waals surface area contributed by atoms with Crippen LogP contribution in [-0.4, -0.2) is 29.9 Å². The van der Waals surface area contributed by atoms with Crippen LogP contribution in [0.3, 0.4) is 0 Å². The van der Waals surface area contributed by atoms with Crippen LogP contribution >= 0.6 is 0 Å². The van der Waals surface area contributed by atoms with Gasteiger partial charge >= 0.3 is 0 Å². The van der Waals surface area contributed by atoms with Crippen molar-refractivity contribution < 1.29 is 4.79 Å². The minimum Gasteiger partial charge on any atom is -0.342 e. The molecule has 20 heavy (non-hydrogen) atoms. The Hall–Kier alpha value is -1.35. The van der Waals surface area contributed by atoms with Crippen molar-refractivity contribution in [2.75, 3.05) is 13.1 Å². The lowest BCUT2D eigenvalue weighted by Crippen LogP contribution is -2.40. The number of hydrogen-bond acceptors (Lipinski definition) is 2. The fourth-order valence-electron chi connectivity index (χ4n) is 3.68. The van der Waals surface area contributed by atoms with Gasteiger partial charge in [-0.2, -0.15) is 0 Å². The normalized spacial score (nSPS) is 29.9. The average Bonchev–Trinajstić information content (AvgIpc) is 3.08. The lowest BCUT2D eigenvalue weighted by Gasteiger charge is -2.23. The molecule has 3 atom stereocenters. The van der Waals surface area contributed by atoms with Gasteiger partial charge in [-0.15, -0.1) is 0 Å². The first-order valence-electron chi connectivity index (χ1n) is 7.82. The van der Waals surface area contributed by atoms with Gasteiger partial charge in [0.15, 0.2) is 0 Å². The van der Waals surface area contributed by atoms with Crippen molar-refractivity contribution in [2.24, 2.45) is 17.6 Å². The number of nitrogens with two attached hydrogens (primary N) is 1. The summed E-state index contributed by atoms with van der Waals surface area (Å²) < 4.78 is 0. The molecule has 0 aromatic heterocycles. The third-order valence-electron chi connectivity index (χ3n) is 4.85. The van der Waals surface area contributed by atoms with Crippen molar-refractivity contribution in [3.05, 3.63) is 35.9 Å². The van der Waals surface area contributed by atoms with Crippen LogP contribution in [0.25, 0.3) is 0 Å². The maximum absolute atomic E-state index is 12.5. The van der Waals surface area contributed by atoms with Crippen LogP contribution in [0.4, 0.5) is 0 Å². The smallest absolute Gasteiger partial charge is 0.227 e. The molecule has 1 heterocycles. The van der Waals surface area contributed by atoms with E-state index >= 15 is 0 Å². The standard InChI is InChI=1S/C17H24N2O/c18-16-8-4-7-15(16)17(20)19-10-9-14(12-19)11-13-5-2-1-3-6-13/h1-3,5-6,14-16H,4,7-12,18H2/t14-,15+,16-/m1/s1. The molecule has 0 bridgehead atoms. The first-order valence-corrected chi connectivity index (χ1v) is 7.82. The number of likely N-dealkylation sites (tertiary alicyclic amines) is 1. The van der Waals surface area contributed by atoms with E-state index in [9.17, 15) is 4.79 Å². The summed E-state index contributed by atoms with van der Waals surface area (Å²) in [5.41, 5.74) is 7.44. The summed E-state index contributed by atoms with van der Waals surface area (Å²) in [6.45, 7) is 1.83. The SMILES string of the molecule is N[C@@H]1CCC[C@@H]1C(=O)N1CC[C@H](Cc2ccccc2)C1. The Morgan fingerprint density at radius 3 is 2.70 bits per heavy atom. The van der Waals surface area contributed by atoms with Gasteiger partial charge < -0.3 is 10.6 Å². The number of carbonyl (C=O) groups excluding carboxylic acids is 1. The highest BCUT2D eigenvalue weighted by atomic mass is 16.2. The van der Waals surface area contributed by atoms with Gasteiger partial charge in [0.25, 0.3) is 0 Å². The number of rotatable bonds is 3. The summed E-state index contributed by atoms with van der Waals surface area (Å²) >= 11 is 0. The summed E-state index contributed by atoms with van der Waals surface area (Å²) in [6, 6.07) is 10.7. The second kappa shape index (κ2) is 5.96. The Kier molecular flexibility index (Phi) is 4.06. The first kappa shape index (κ1) is 13.6. The molecule has 0 spiro atoms. The van der Waals surface area contributed by atoms with Gasteiger partial charge in [-0.05, 0) is 37.2 Å². The third-order valence-corrected chi connectivity index (χ3v) is 4.85. The summed E-state index contributed by atoms with van der Waals surface area (Å²) in [4.78, 5) is 14.6. The van der Waals surface area contributed by atoms with E-state index in [0.717, 1.165) is 45.2 Å². The Morgan fingerprint density at radius 2 is 2.00 bits per heavy atom. The quantitative estimate of drug-likeness (QED) is 0.917. The molecule has 2 N–H and O–H groups in total. The molecule has 1 aromatic carbocycles. The molecule has 0 unspecified atom stereocenters. The predicted octanol–water partition coefficient (Wildman–Crippen LogP) is 2.21. The van der Waals surface area contributed by atoms with Crippen molar-refractivity contribution in [1.82, 2.24) is 4.90 Å². The molecule has 3 heteroatoms. The molecule has 1 amide bonds. The molecule has 2 fully saturated rings. The van der Waals surface area contributed by atoms with E-state index in [1.165, 1.54) is 5.56 Å². The lowest BCUT2D eigenvalue weighted by molar-refractivity contribution is -0.134. The molecule has 3 nitrogen and oxygen atoms in total. The second-order valence-corrected chi connectivity index (χ2v) is 6.33. The largest absolute Gasteiger partial charge is 0.342 e. The maximum atomic E-state index is 12.5. The highest BCUT2D eigenvalue weighted by molar-refractivity contribution is 5.80. The molecule has 0 radical (unpaired) electrons. The van der Waals surface area contributed by atoms with Gasteiger partial charge in [0.2, 0.25) is 5.91 Å². The molecule has 1 saturated carbocycles. The van der Waals surface area contributed by atoms with Crippen LogP contribution in [0.5, 0.6) is 0 Å². The second-order valence-electron chi connectivity index (χ2n) is 6.33. The van der Waals surface area contributed by atoms with Crippen LogP contribution < -0.4 is 5.73 Å². The fraction of sp³-hybridized carbons (Fsp3) is 0.588. The van der Waals surface area contributed by atoms with Crippen molar-refractivity contribution in [1.29, 1.82) is 0 Å². The van der Waals surface area contributed by atoms with Gasteiger partial charge in [-0.3, -0.25) is 4.79 Å². The zero-order chi connectivity index (χ0) is 13.9. The van der Waals surface area contributed by atoms with Crippen LogP contribution in [0.2, 0.25) is 0 Å². The van der Waals surface area contributed by atoms with Crippen LogP contribution in [0.1, 0.15) is 31.2 Å². The Balaban J connectivity index is 1.55. The molecular formula is C17H24N2O. The molecule has 1 aliphatic carbocycles. The van der Waals surface area contributed by atoms with E-state index in [0.29, 0.717) is 11.8 Å². The van der Waals surface area contributed by atoms with Gasteiger partial charge in [-0.25, -0.2) is 0 Å². The minimum atomic E-state index is 0.0884. The van der Waals surface area contributed by atoms with Gasteiger partial charge in [0, 0.05) is 19.1 Å². The molecular weight excluding hydrogens is 248 g/mol. The molecule has 3 rings (SSSR count). The van der Waals surface area contributed by atoms with Crippen molar-refractivity contribution in [3.8, 4) is 0 Å². The first-order chi connectivity index (χ1) is 9.74. The van der Waals surface area contributed by atoms with Gasteiger partial charge in [0.05, 0.1) is 5.92 Å². The zero-order valence-corrected chi connectivity index (χ0v) is 12.0. The summed E-state index contributed by atoms with van der Waals surface area (Å²) in [6.07, 6.45) is 5.32. The Labute approximate surface area is 121 Å². The van der Waals surface area contributed by atoms with Crippen LogP contribution in [0, 0.1) is 11.8 Å². The number of benzene rings is 1. The number of hydrogen-bond donors (Lipinski definition) is 1. The Morgan fingerprint density at radius 1 is 1.20 bits per heavy atom. The fourth-order valence-corrected chi connectivity index (χ4v) is 3.68. The highest BCUT2D eigenvalue weighted by Gasteiger charge is 2.36. The van der Waals surface area contributed by atoms with Crippen LogP contribution in [-0.2, 0) is 11.2 Å². The van der Waals surface area contributed by atoms with Crippen LogP contribution in [0.15, 0.2) is 30.3 Å². The minimum absolute atomic E-state index is 0.0884. The van der Waals surface area contributed by atoms with E-state index in [4.69, 9.17) is 5.73 Å². The molecule has 1 aromatic rings. The summed E-state index contributed by atoms with van der Waals surface area (Å²) in [5.74, 6) is 1.01. The predicted molar refractivity (Wildman–Crippen MR) is 80.1 cm³/mol. The average molecular weight is 272 g/mol. The van der Waals surface area contributed by atoms with E-state index in [-0.39, 0.29) is 12.0 Å². The summed E-state index contributed by atoms with van der Waals surface area (Å²) in [7, 11) is 0. The lowest BCUT2D eigenvalue weighted by atomic mass is 9.99. The van der Waals surface area contributed by atoms with Gasteiger partial charge in [0.1, 0.15) is 0 Å². The molecule has 1 saturated heterocycles. The zero-order valence-electron chi connectivity index (χ0n) is 12.0. The number of carbonyl (C=O) groups is 1. The van der Waals surface area contributed by atoms with Crippen molar-refractivity contribution >= 4 is 5.91 Å². The highest BCUT2D eigenvalue weighted by Crippen LogP contribution is 2.29. The number of amides is 1. The molecule has 2 aliphatic rings. The molecule has 108 valence electrons. The van der Waals surface area contributed by atoms with E-state index in [1.54, 1.807) is 0 Å². The molecule has 1 aliphatic heterocycles. The number of nitrogens with zero attached hydrogens (tertiary/aromatic N) is 1.